The van der Waals surface area contributed by atoms with Crippen molar-refractivity contribution < 1.29 is 24.5 Å². The Morgan fingerprint density at radius 2 is 0.885 bits per heavy atom. The Hall–Kier alpha value is -1.40. The Kier molecular flexibility index (Phi) is 41.2. The Morgan fingerprint density at radius 3 is 1.31 bits per heavy atom. The van der Waals surface area contributed by atoms with Crippen molar-refractivity contribution in [2.24, 2.45) is 0 Å². The van der Waals surface area contributed by atoms with E-state index in [1.54, 1.807) is 6.08 Å². The molecule has 52 heavy (non-hydrogen) atoms. The molecular formula is C46H89NO5. The van der Waals surface area contributed by atoms with E-state index in [-0.39, 0.29) is 18.5 Å². The summed E-state index contributed by atoms with van der Waals surface area (Å²) in [7, 11) is 0. The SMILES string of the molecule is CCCCCCCCCCCC/C=C/C(O)C(CO)NC(=O)CCCCCCCCCCCCOC(=O)CCCCCCCCCCCCCCC. The lowest BCUT2D eigenvalue weighted by Gasteiger charge is -2.20. The molecule has 0 aromatic heterocycles. The van der Waals surface area contributed by atoms with Crippen LogP contribution in [0.5, 0.6) is 0 Å². The second kappa shape index (κ2) is 42.3. The molecule has 308 valence electrons. The lowest BCUT2D eigenvalue weighted by Crippen LogP contribution is -2.45. The van der Waals surface area contributed by atoms with Crippen LogP contribution in [0.4, 0.5) is 0 Å². The molecule has 1 amide bonds. The molecule has 0 radical (unpaired) electrons. The zero-order valence-electron chi connectivity index (χ0n) is 34.8. The zero-order valence-corrected chi connectivity index (χ0v) is 34.8. The Labute approximate surface area is 323 Å². The first kappa shape index (κ1) is 50.6. The second-order valence-electron chi connectivity index (χ2n) is 15.7. The second-order valence-corrected chi connectivity index (χ2v) is 15.7. The topological polar surface area (TPSA) is 95.9 Å². The van der Waals surface area contributed by atoms with Gasteiger partial charge in [0, 0.05) is 12.8 Å². The summed E-state index contributed by atoms with van der Waals surface area (Å²) in [6.07, 6.45) is 46.2. The molecule has 0 saturated heterocycles. The maximum atomic E-state index is 12.4. The van der Waals surface area contributed by atoms with Crippen molar-refractivity contribution >= 4 is 11.9 Å². The summed E-state index contributed by atoms with van der Waals surface area (Å²) < 4.78 is 5.44. The van der Waals surface area contributed by atoms with Crippen LogP contribution in [0.1, 0.15) is 245 Å². The van der Waals surface area contributed by atoms with E-state index in [9.17, 15) is 19.8 Å². The molecule has 3 N–H and O–H groups in total. The van der Waals surface area contributed by atoms with Crippen molar-refractivity contribution in [2.45, 2.75) is 257 Å². The van der Waals surface area contributed by atoms with Crippen molar-refractivity contribution in [3.05, 3.63) is 12.2 Å². The highest BCUT2D eigenvalue weighted by Gasteiger charge is 2.18. The fourth-order valence-electron chi connectivity index (χ4n) is 6.98. The first-order valence-corrected chi connectivity index (χ1v) is 23.0. The molecular weight excluding hydrogens is 647 g/mol. The van der Waals surface area contributed by atoms with Crippen LogP contribution in [0.15, 0.2) is 12.2 Å². The minimum atomic E-state index is -0.856. The summed E-state index contributed by atoms with van der Waals surface area (Å²) >= 11 is 0. The molecule has 0 rings (SSSR count). The smallest absolute Gasteiger partial charge is 0.305 e. The van der Waals surface area contributed by atoms with Crippen LogP contribution in [0.3, 0.4) is 0 Å². The van der Waals surface area contributed by atoms with Crippen LogP contribution in [0.25, 0.3) is 0 Å². The Bertz CT molecular complexity index is 772. The van der Waals surface area contributed by atoms with Gasteiger partial charge in [-0.2, -0.15) is 0 Å². The Balaban J connectivity index is 3.51. The lowest BCUT2D eigenvalue weighted by atomic mass is 10.0. The molecule has 0 aliphatic rings. The third-order valence-corrected chi connectivity index (χ3v) is 10.6. The molecule has 0 aromatic carbocycles. The van der Waals surface area contributed by atoms with E-state index in [1.807, 2.05) is 6.08 Å². The number of unbranched alkanes of at least 4 members (excludes halogenated alkanes) is 31. The van der Waals surface area contributed by atoms with Gasteiger partial charge < -0.3 is 20.3 Å². The van der Waals surface area contributed by atoms with Crippen molar-refractivity contribution in [3.8, 4) is 0 Å². The molecule has 2 unspecified atom stereocenters. The molecule has 6 nitrogen and oxygen atoms in total. The van der Waals surface area contributed by atoms with Crippen molar-refractivity contribution in [1.29, 1.82) is 0 Å². The molecule has 0 saturated carbocycles. The van der Waals surface area contributed by atoms with Gasteiger partial charge in [0.15, 0.2) is 0 Å². The number of esters is 1. The standard InChI is InChI=1S/C46H89NO5/c1-3-5-7-9-11-13-15-17-19-24-28-32-36-40-46(51)52-41-37-33-29-25-21-20-23-27-31-35-39-45(50)47-43(42-48)44(49)38-34-30-26-22-18-16-14-12-10-8-6-4-2/h34,38,43-44,48-49H,3-33,35-37,39-42H2,1-2H3,(H,47,50)/b38-34+. The van der Waals surface area contributed by atoms with Gasteiger partial charge in [-0.25, -0.2) is 0 Å². The highest BCUT2D eigenvalue weighted by molar-refractivity contribution is 5.76. The first-order chi connectivity index (χ1) is 25.5. The van der Waals surface area contributed by atoms with Crippen LogP contribution in [-0.4, -0.2) is 47.4 Å². The zero-order chi connectivity index (χ0) is 38.0. The maximum absolute atomic E-state index is 12.4. The predicted octanol–water partition coefficient (Wildman–Crippen LogP) is 13.0. The summed E-state index contributed by atoms with van der Waals surface area (Å²) in [5.41, 5.74) is 0. The van der Waals surface area contributed by atoms with E-state index in [0.717, 1.165) is 57.8 Å². The van der Waals surface area contributed by atoms with E-state index >= 15 is 0 Å². The number of rotatable bonds is 42. The third kappa shape index (κ3) is 38.3. The van der Waals surface area contributed by atoms with Gasteiger partial charge in [0.2, 0.25) is 5.91 Å². The van der Waals surface area contributed by atoms with Crippen LogP contribution >= 0.6 is 0 Å². The number of hydrogen-bond donors (Lipinski definition) is 3. The molecule has 0 aliphatic heterocycles. The van der Waals surface area contributed by atoms with E-state index in [1.165, 1.54) is 161 Å². The number of amides is 1. The molecule has 0 heterocycles. The highest BCUT2D eigenvalue weighted by Crippen LogP contribution is 2.15. The summed E-state index contributed by atoms with van der Waals surface area (Å²) in [6, 6.07) is -0.641. The van der Waals surface area contributed by atoms with E-state index in [2.05, 4.69) is 19.2 Å². The van der Waals surface area contributed by atoms with E-state index < -0.39 is 12.1 Å². The number of ether oxygens (including phenoxy) is 1. The summed E-state index contributed by atoms with van der Waals surface area (Å²) in [5.74, 6) is -0.111. The normalized spacial score (nSPS) is 12.8. The van der Waals surface area contributed by atoms with Gasteiger partial charge in [-0.15, -0.1) is 0 Å². The van der Waals surface area contributed by atoms with Gasteiger partial charge in [-0.3, -0.25) is 9.59 Å². The largest absolute Gasteiger partial charge is 0.466 e. The molecule has 0 spiro atoms. The quantitative estimate of drug-likeness (QED) is 0.0329. The minimum Gasteiger partial charge on any atom is -0.466 e. The van der Waals surface area contributed by atoms with Crippen molar-refractivity contribution in [2.75, 3.05) is 13.2 Å². The van der Waals surface area contributed by atoms with Gasteiger partial charge >= 0.3 is 5.97 Å². The van der Waals surface area contributed by atoms with Gasteiger partial charge in [-0.05, 0) is 32.1 Å². The van der Waals surface area contributed by atoms with Crippen LogP contribution in [-0.2, 0) is 14.3 Å². The maximum Gasteiger partial charge on any atom is 0.305 e. The van der Waals surface area contributed by atoms with Crippen molar-refractivity contribution in [3.63, 3.8) is 0 Å². The molecule has 2 atom stereocenters. The van der Waals surface area contributed by atoms with Crippen LogP contribution in [0, 0.1) is 0 Å². The number of aliphatic hydroxyl groups excluding tert-OH is 2. The molecule has 0 aromatic rings. The molecule has 0 aliphatic carbocycles. The Morgan fingerprint density at radius 1 is 0.519 bits per heavy atom. The van der Waals surface area contributed by atoms with E-state index in [4.69, 9.17) is 4.74 Å². The number of nitrogens with one attached hydrogen (secondary N) is 1. The number of hydrogen-bond acceptors (Lipinski definition) is 5. The van der Waals surface area contributed by atoms with Gasteiger partial charge in [-0.1, -0.05) is 212 Å². The van der Waals surface area contributed by atoms with E-state index in [0.29, 0.717) is 19.4 Å². The average Bonchev–Trinajstić information content (AvgIpc) is 3.14. The highest BCUT2D eigenvalue weighted by atomic mass is 16.5. The minimum absolute atomic E-state index is 0.0199. The molecule has 6 heteroatoms. The monoisotopic (exact) mass is 736 g/mol. The molecule has 0 bridgehead atoms. The summed E-state index contributed by atoms with van der Waals surface area (Å²) in [4.78, 5) is 24.4. The predicted molar refractivity (Wildman–Crippen MR) is 223 cm³/mol. The van der Waals surface area contributed by atoms with Gasteiger partial charge in [0.25, 0.3) is 0 Å². The number of carbonyl (C=O) groups is 2. The first-order valence-electron chi connectivity index (χ1n) is 23.0. The molecule has 0 fully saturated rings. The van der Waals surface area contributed by atoms with Crippen molar-refractivity contribution in [1.82, 2.24) is 5.32 Å². The van der Waals surface area contributed by atoms with Crippen LogP contribution < -0.4 is 5.32 Å². The number of aliphatic hydroxyl groups is 2. The fraction of sp³-hybridized carbons (Fsp3) is 0.913. The summed E-state index contributed by atoms with van der Waals surface area (Å²) in [6.45, 7) is 4.83. The summed E-state index contributed by atoms with van der Waals surface area (Å²) in [5, 5.41) is 22.9. The third-order valence-electron chi connectivity index (χ3n) is 10.6. The lowest BCUT2D eigenvalue weighted by molar-refractivity contribution is -0.143. The van der Waals surface area contributed by atoms with Gasteiger partial charge in [0.1, 0.15) is 0 Å². The fourth-order valence-corrected chi connectivity index (χ4v) is 6.98. The van der Waals surface area contributed by atoms with Gasteiger partial charge in [0.05, 0.1) is 25.4 Å². The number of carbonyl (C=O) groups excluding carboxylic acids is 2. The number of allylic oxidation sites excluding steroid dienone is 1. The average molecular weight is 736 g/mol. The van der Waals surface area contributed by atoms with Crippen LogP contribution in [0.2, 0.25) is 0 Å².